The van der Waals surface area contributed by atoms with E-state index in [1.165, 1.54) is 12.1 Å². The van der Waals surface area contributed by atoms with Gasteiger partial charge < -0.3 is 9.64 Å². The van der Waals surface area contributed by atoms with Gasteiger partial charge in [0.2, 0.25) is 0 Å². The van der Waals surface area contributed by atoms with Crippen molar-refractivity contribution < 1.29 is 22.3 Å². The number of nitrogens with zero attached hydrogens (tertiary/aromatic N) is 1. The van der Waals surface area contributed by atoms with Crippen LogP contribution in [0.5, 0.6) is 5.75 Å². The number of sulfone groups is 1. The van der Waals surface area contributed by atoms with Crippen LogP contribution in [0.3, 0.4) is 0 Å². The number of benzene rings is 2. The molecule has 1 atom stereocenters. The van der Waals surface area contributed by atoms with E-state index in [9.17, 15) is 17.6 Å². The summed E-state index contributed by atoms with van der Waals surface area (Å²) < 4.78 is 42.4. The fourth-order valence-corrected chi connectivity index (χ4v) is 4.99. The lowest BCUT2D eigenvalue weighted by Crippen LogP contribution is -2.41. The van der Waals surface area contributed by atoms with Crippen LogP contribution in [0, 0.1) is 5.82 Å². The van der Waals surface area contributed by atoms with Crippen molar-refractivity contribution in [1.29, 1.82) is 0 Å². The molecule has 1 aliphatic rings. The Kier molecular flexibility index (Phi) is 5.79. The van der Waals surface area contributed by atoms with Gasteiger partial charge in [-0.3, -0.25) is 4.79 Å². The summed E-state index contributed by atoms with van der Waals surface area (Å²) in [4.78, 5) is 14.7. The Hall–Kier alpha value is -2.41. The van der Waals surface area contributed by atoms with Gasteiger partial charge >= 0.3 is 0 Å². The number of hydrogen-bond donors (Lipinski definition) is 0. The monoisotopic (exact) mass is 391 g/mol. The molecule has 0 spiro atoms. The summed E-state index contributed by atoms with van der Waals surface area (Å²) in [7, 11) is -3.08. The van der Waals surface area contributed by atoms with E-state index in [0.29, 0.717) is 24.3 Å². The fourth-order valence-electron chi connectivity index (χ4n) is 3.25. The number of amides is 1. The van der Waals surface area contributed by atoms with E-state index < -0.39 is 9.84 Å². The van der Waals surface area contributed by atoms with Gasteiger partial charge in [-0.1, -0.05) is 24.3 Å². The highest BCUT2D eigenvalue weighted by atomic mass is 32.2. The van der Waals surface area contributed by atoms with Crippen LogP contribution >= 0.6 is 0 Å². The Morgan fingerprint density at radius 2 is 1.89 bits per heavy atom. The highest BCUT2D eigenvalue weighted by Crippen LogP contribution is 2.25. The molecule has 1 saturated heterocycles. The van der Waals surface area contributed by atoms with E-state index >= 15 is 0 Å². The molecular formula is C20H22FNO4S. The SMILES string of the molecule is CCN(C(=O)c1ccccc1OCc1ccc(F)cc1)[C@H]1CCS(=O)(=O)C1. The molecule has 144 valence electrons. The van der Waals surface area contributed by atoms with E-state index in [2.05, 4.69) is 0 Å². The van der Waals surface area contributed by atoms with Crippen molar-refractivity contribution in [3.8, 4) is 5.75 Å². The summed E-state index contributed by atoms with van der Waals surface area (Å²) in [5.41, 5.74) is 1.18. The van der Waals surface area contributed by atoms with Crippen molar-refractivity contribution in [3.05, 3.63) is 65.5 Å². The molecule has 0 N–H and O–H groups in total. The number of rotatable bonds is 6. The molecule has 2 aromatic carbocycles. The third kappa shape index (κ3) is 4.66. The Morgan fingerprint density at radius 3 is 2.52 bits per heavy atom. The Labute approximate surface area is 158 Å². The first-order chi connectivity index (χ1) is 12.9. The maximum atomic E-state index is 13.1. The lowest BCUT2D eigenvalue weighted by Gasteiger charge is -2.27. The molecule has 1 amide bonds. The minimum Gasteiger partial charge on any atom is -0.488 e. The zero-order valence-corrected chi connectivity index (χ0v) is 15.9. The highest BCUT2D eigenvalue weighted by Gasteiger charge is 2.34. The van der Waals surface area contributed by atoms with E-state index in [0.717, 1.165) is 5.56 Å². The molecule has 0 unspecified atom stereocenters. The first-order valence-electron chi connectivity index (χ1n) is 8.87. The molecule has 1 fully saturated rings. The standard InChI is InChI=1S/C20H22FNO4S/c1-2-22(17-11-12-27(24,25)14-17)20(23)18-5-3-4-6-19(18)26-13-15-7-9-16(21)10-8-15/h3-10,17H,2,11-14H2,1H3/t17-/m0/s1. The summed E-state index contributed by atoms with van der Waals surface area (Å²) in [6, 6.07) is 12.6. The van der Waals surface area contributed by atoms with Crippen LogP contribution in [0.1, 0.15) is 29.3 Å². The number of carbonyl (C=O) groups is 1. The summed E-state index contributed by atoms with van der Waals surface area (Å²) in [6.45, 7) is 2.46. The summed E-state index contributed by atoms with van der Waals surface area (Å²) in [6.07, 6.45) is 0.459. The van der Waals surface area contributed by atoms with E-state index in [1.54, 1.807) is 41.3 Å². The van der Waals surface area contributed by atoms with E-state index in [4.69, 9.17) is 4.74 Å². The van der Waals surface area contributed by atoms with Crippen molar-refractivity contribution in [3.63, 3.8) is 0 Å². The quantitative estimate of drug-likeness (QED) is 0.759. The van der Waals surface area contributed by atoms with Crippen LogP contribution in [-0.2, 0) is 16.4 Å². The lowest BCUT2D eigenvalue weighted by atomic mass is 10.1. The van der Waals surface area contributed by atoms with Crippen LogP contribution in [-0.4, -0.2) is 43.3 Å². The molecule has 5 nitrogen and oxygen atoms in total. The number of hydrogen-bond acceptors (Lipinski definition) is 4. The first kappa shape index (κ1) is 19.4. The van der Waals surface area contributed by atoms with Crippen LogP contribution in [0.25, 0.3) is 0 Å². The maximum absolute atomic E-state index is 13.1. The largest absolute Gasteiger partial charge is 0.488 e. The molecule has 1 aliphatic heterocycles. The molecule has 0 aliphatic carbocycles. The molecule has 7 heteroatoms. The van der Waals surface area contributed by atoms with Gasteiger partial charge in [0.15, 0.2) is 9.84 Å². The van der Waals surface area contributed by atoms with Crippen molar-refractivity contribution >= 4 is 15.7 Å². The van der Waals surface area contributed by atoms with Gasteiger partial charge in [0.1, 0.15) is 18.2 Å². The van der Waals surface area contributed by atoms with Gasteiger partial charge in [0.05, 0.1) is 17.1 Å². The second kappa shape index (κ2) is 8.08. The predicted octanol–water partition coefficient (Wildman–Crippen LogP) is 3.05. The topological polar surface area (TPSA) is 63.7 Å². The summed E-state index contributed by atoms with van der Waals surface area (Å²) >= 11 is 0. The van der Waals surface area contributed by atoms with Gasteiger partial charge in [-0.25, -0.2) is 12.8 Å². The number of ether oxygens (including phenoxy) is 1. The van der Waals surface area contributed by atoms with Crippen LogP contribution in [0.15, 0.2) is 48.5 Å². The van der Waals surface area contributed by atoms with Crippen molar-refractivity contribution in [2.24, 2.45) is 0 Å². The zero-order chi connectivity index (χ0) is 19.4. The number of carbonyl (C=O) groups excluding carboxylic acids is 1. The summed E-state index contributed by atoms with van der Waals surface area (Å²) in [5.74, 6) is -0.0186. The highest BCUT2D eigenvalue weighted by molar-refractivity contribution is 7.91. The van der Waals surface area contributed by atoms with Crippen molar-refractivity contribution in [2.45, 2.75) is 26.0 Å². The minimum absolute atomic E-state index is 0.00514. The molecular weight excluding hydrogens is 369 g/mol. The van der Waals surface area contributed by atoms with Gasteiger partial charge in [0, 0.05) is 12.6 Å². The second-order valence-electron chi connectivity index (χ2n) is 6.56. The lowest BCUT2D eigenvalue weighted by molar-refractivity contribution is 0.0703. The van der Waals surface area contributed by atoms with Gasteiger partial charge in [-0.15, -0.1) is 0 Å². The van der Waals surface area contributed by atoms with Crippen LogP contribution in [0.2, 0.25) is 0 Å². The van der Waals surface area contributed by atoms with Gasteiger partial charge in [-0.2, -0.15) is 0 Å². The average Bonchev–Trinajstić information content (AvgIpc) is 3.01. The maximum Gasteiger partial charge on any atom is 0.257 e. The number of halogens is 1. The zero-order valence-electron chi connectivity index (χ0n) is 15.1. The molecule has 0 aromatic heterocycles. The van der Waals surface area contributed by atoms with Crippen LogP contribution < -0.4 is 4.74 Å². The molecule has 2 aromatic rings. The molecule has 27 heavy (non-hydrogen) atoms. The smallest absolute Gasteiger partial charge is 0.257 e. The number of para-hydroxylation sites is 1. The normalized spacial score (nSPS) is 18.2. The second-order valence-corrected chi connectivity index (χ2v) is 8.79. The molecule has 0 radical (unpaired) electrons. The van der Waals surface area contributed by atoms with Crippen molar-refractivity contribution in [2.75, 3.05) is 18.1 Å². The Balaban J connectivity index is 1.77. The molecule has 1 heterocycles. The van der Waals surface area contributed by atoms with Gasteiger partial charge in [0.25, 0.3) is 5.91 Å². The predicted molar refractivity (Wildman–Crippen MR) is 101 cm³/mol. The van der Waals surface area contributed by atoms with Gasteiger partial charge in [-0.05, 0) is 43.2 Å². The average molecular weight is 391 g/mol. The fraction of sp³-hybridized carbons (Fsp3) is 0.350. The molecule has 0 saturated carbocycles. The molecule has 0 bridgehead atoms. The summed E-state index contributed by atoms with van der Waals surface area (Å²) in [5, 5.41) is 0. The van der Waals surface area contributed by atoms with Crippen molar-refractivity contribution in [1.82, 2.24) is 4.90 Å². The Morgan fingerprint density at radius 1 is 1.19 bits per heavy atom. The van der Waals surface area contributed by atoms with E-state index in [1.807, 2.05) is 6.92 Å². The third-order valence-electron chi connectivity index (χ3n) is 4.68. The van der Waals surface area contributed by atoms with E-state index in [-0.39, 0.29) is 35.9 Å². The minimum atomic E-state index is -3.08. The third-order valence-corrected chi connectivity index (χ3v) is 6.43. The Bertz CT molecular complexity index is 912. The first-order valence-corrected chi connectivity index (χ1v) is 10.7. The van der Waals surface area contributed by atoms with Crippen LogP contribution in [0.4, 0.5) is 4.39 Å². The molecule has 3 rings (SSSR count).